The summed E-state index contributed by atoms with van der Waals surface area (Å²) in [6, 6.07) is 12.9. The number of hydrogen-bond acceptors (Lipinski definition) is 5. The standard InChI is InChI=1S/C22H28N6/c1-25-13-14-26(15-18-7-2-3-10-23-18)17-20(25)19-16-28-21(24-19)8-6-9-22(28)27-11-4-5-12-27/h2-3,6-10,16,20H,4-5,11-15,17H2,1H3/t20-/m1/s1. The molecule has 2 aliphatic heterocycles. The van der Waals surface area contributed by atoms with Gasteiger partial charge in [-0.2, -0.15) is 0 Å². The van der Waals surface area contributed by atoms with E-state index in [1.807, 2.05) is 12.3 Å². The van der Waals surface area contributed by atoms with Crippen LogP contribution in [0.1, 0.15) is 30.3 Å². The number of imidazole rings is 1. The van der Waals surface area contributed by atoms with E-state index in [4.69, 9.17) is 4.98 Å². The fourth-order valence-electron chi connectivity index (χ4n) is 4.49. The Morgan fingerprint density at radius 1 is 1.00 bits per heavy atom. The number of hydrogen-bond donors (Lipinski definition) is 0. The Kier molecular flexibility index (Phi) is 4.74. The van der Waals surface area contributed by atoms with Crippen LogP contribution in [0, 0.1) is 0 Å². The molecule has 0 amide bonds. The lowest BCUT2D eigenvalue weighted by Gasteiger charge is -2.38. The summed E-state index contributed by atoms with van der Waals surface area (Å²) in [6.45, 7) is 6.29. The van der Waals surface area contributed by atoms with Crippen molar-refractivity contribution in [3.63, 3.8) is 0 Å². The Labute approximate surface area is 166 Å². The van der Waals surface area contributed by atoms with Gasteiger partial charge in [0.05, 0.1) is 17.4 Å². The second-order valence-corrected chi connectivity index (χ2v) is 8.02. The van der Waals surface area contributed by atoms with Crippen LogP contribution in [0.2, 0.25) is 0 Å². The third-order valence-electron chi connectivity index (χ3n) is 6.10. The molecule has 146 valence electrons. The largest absolute Gasteiger partial charge is 0.358 e. The predicted molar refractivity (Wildman–Crippen MR) is 112 cm³/mol. The maximum Gasteiger partial charge on any atom is 0.138 e. The monoisotopic (exact) mass is 376 g/mol. The molecule has 3 aromatic rings. The first-order valence-electron chi connectivity index (χ1n) is 10.3. The molecule has 0 saturated carbocycles. The highest BCUT2D eigenvalue weighted by molar-refractivity contribution is 5.53. The fourth-order valence-corrected chi connectivity index (χ4v) is 4.49. The zero-order valence-corrected chi connectivity index (χ0v) is 16.5. The molecular formula is C22H28N6. The van der Waals surface area contributed by atoms with E-state index in [0.717, 1.165) is 50.6 Å². The van der Waals surface area contributed by atoms with Crippen LogP contribution in [-0.4, -0.2) is 63.9 Å². The molecule has 0 spiro atoms. The van der Waals surface area contributed by atoms with Gasteiger partial charge in [0.25, 0.3) is 0 Å². The van der Waals surface area contributed by atoms with E-state index in [1.165, 1.54) is 24.4 Å². The van der Waals surface area contributed by atoms with Crippen molar-refractivity contribution in [3.05, 3.63) is 60.2 Å². The molecule has 0 aliphatic carbocycles. The predicted octanol–water partition coefficient (Wildman–Crippen LogP) is 2.82. The number of anilines is 1. The first kappa shape index (κ1) is 17.6. The molecule has 0 radical (unpaired) electrons. The topological polar surface area (TPSA) is 39.9 Å². The molecule has 3 aromatic heterocycles. The van der Waals surface area contributed by atoms with E-state index in [9.17, 15) is 0 Å². The second-order valence-electron chi connectivity index (χ2n) is 8.02. The minimum absolute atomic E-state index is 0.309. The van der Waals surface area contributed by atoms with Gasteiger partial charge in [0.15, 0.2) is 0 Å². The highest BCUT2D eigenvalue weighted by Crippen LogP contribution is 2.27. The Morgan fingerprint density at radius 2 is 1.89 bits per heavy atom. The number of fused-ring (bicyclic) bond motifs is 1. The molecule has 2 fully saturated rings. The summed E-state index contributed by atoms with van der Waals surface area (Å²) in [5.74, 6) is 1.28. The van der Waals surface area contributed by atoms with E-state index < -0.39 is 0 Å². The lowest BCUT2D eigenvalue weighted by Crippen LogP contribution is -2.46. The number of piperazine rings is 1. The maximum absolute atomic E-state index is 5.01. The molecule has 5 rings (SSSR count). The minimum Gasteiger partial charge on any atom is -0.358 e. The van der Waals surface area contributed by atoms with E-state index in [-0.39, 0.29) is 0 Å². The molecule has 0 N–H and O–H groups in total. The first-order valence-corrected chi connectivity index (χ1v) is 10.3. The van der Waals surface area contributed by atoms with Crippen molar-refractivity contribution >= 4 is 11.5 Å². The molecule has 0 aromatic carbocycles. The molecule has 6 heteroatoms. The van der Waals surface area contributed by atoms with Crippen LogP contribution in [0.15, 0.2) is 48.8 Å². The van der Waals surface area contributed by atoms with Gasteiger partial charge < -0.3 is 4.90 Å². The number of rotatable bonds is 4. The zero-order valence-electron chi connectivity index (χ0n) is 16.5. The summed E-state index contributed by atoms with van der Waals surface area (Å²) < 4.78 is 2.28. The van der Waals surface area contributed by atoms with Crippen molar-refractivity contribution < 1.29 is 0 Å². The third-order valence-corrected chi connectivity index (χ3v) is 6.10. The summed E-state index contributed by atoms with van der Waals surface area (Å²) in [6.07, 6.45) is 6.71. The molecule has 2 saturated heterocycles. The van der Waals surface area contributed by atoms with Crippen LogP contribution in [-0.2, 0) is 6.54 Å². The smallest absolute Gasteiger partial charge is 0.138 e. The average Bonchev–Trinajstić information content (AvgIpc) is 3.40. The van der Waals surface area contributed by atoms with Gasteiger partial charge in [-0.1, -0.05) is 12.1 Å². The summed E-state index contributed by atoms with van der Waals surface area (Å²) in [5.41, 5.74) is 3.35. The van der Waals surface area contributed by atoms with Crippen LogP contribution >= 0.6 is 0 Å². The van der Waals surface area contributed by atoms with Crippen molar-refractivity contribution in [2.45, 2.75) is 25.4 Å². The molecule has 28 heavy (non-hydrogen) atoms. The van der Waals surface area contributed by atoms with Crippen molar-refractivity contribution in [1.29, 1.82) is 0 Å². The normalized spacial score (nSPS) is 21.6. The van der Waals surface area contributed by atoms with Gasteiger partial charge in [0.2, 0.25) is 0 Å². The zero-order chi connectivity index (χ0) is 18.9. The van der Waals surface area contributed by atoms with Crippen LogP contribution in [0.25, 0.3) is 5.65 Å². The number of aromatic nitrogens is 3. The molecule has 2 aliphatic rings. The van der Waals surface area contributed by atoms with Gasteiger partial charge in [-0.15, -0.1) is 0 Å². The van der Waals surface area contributed by atoms with Crippen molar-refractivity contribution in [2.75, 3.05) is 44.7 Å². The van der Waals surface area contributed by atoms with Gasteiger partial charge in [-0.05, 0) is 44.2 Å². The second kappa shape index (κ2) is 7.53. The molecule has 6 nitrogen and oxygen atoms in total. The Bertz CT molecular complexity index is 931. The molecule has 1 atom stereocenters. The average molecular weight is 377 g/mol. The number of pyridine rings is 2. The number of likely N-dealkylation sites (N-methyl/N-ethyl adjacent to an activating group) is 1. The maximum atomic E-state index is 5.01. The van der Waals surface area contributed by atoms with Crippen molar-refractivity contribution in [3.8, 4) is 0 Å². The van der Waals surface area contributed by atoms with Crippen molar-refractivity contribution in [1.82, 2.24) is 24.2 Å². The quantitative estimate of drug-likeness (QED) is 0.700. The highest BCUT2D eigenvalue weighted by Gasteiger charge is 2.28. The van der Waals surface area contributed by atoms with E-state index in [1.54, 1.807) is 0 Å². The van der Waals surface area contributed by atoms with Gasteiger partial charge in [0, 0.05) is 51.7 Å². The van der Waals surface area contributed by atoms with Crippen LogP contribution in [0.4, 0.5) is 5.82 Å². The van der Waals surface area contributed by atoms with E-state index in [2.05, 4.69) is 67.7 Å². The summed E-state index contributed by atoms with van der Waals surface area (Å²) in [7, 11) is 2.22. The van der Waals surface area contributed by atoms with Gasteiger partial charge in [0.1, 0.15) is 11.5 Å². The number of nitrogens with zero attached hydrogens (tertiary/aromatic N) is 6. The molecule has 0 bridgehead atoms. The van der Waals surface area contributed by atoms with Crippen LogP contribution in [0.5, 0.6) is 0 Å². The SMILES string of the molecule is CN1CCN(Cc2ccccn2)C[C@@H]1c1cn2c(N3CCCC3)cccc2n1. The minimum atomic E-state index is 0.309. The van der Waals surface area contributed by atoms with E-state index >= 15 is 0 Å². The highest BCUT2D eigenvalue weighted by atomic mass is 15.3. The molecular weight excluding hydrogens is 348 g/mol. The van der Waals surface area contributed by atoms with E-state index in [0.29, 0.717) is 6.04 Å². The molecule has 5 heterocycles. The van der Waals surface area contributed by atoms with Gasteiger partial charge in [-0.25, -0.2) is 4.98 Å². The Hall–Kier alpha value is -2.44. The lowest BCUT2D eigenvalue weighted by atomic mass is 10.1. The van der Waals surface area contributed by atoms with Crippen LogP contribution < -0.4 is 4.90 Å². The Morgan fingerprint density at radius 3 is 2.71 bits per heavy atom. The van der Waals surface area contributed by atoms with Gasteiger partial charge >= 0.3 is 0 Å². The molecule has 0 unspecified atom stereocenters. The summed E-state index contributed by atoms with van der Waals surface area (Å²) >= 11 is 0. The van der Waals surface area contributed by atoms with Crippen molar-refractivity contribution in [2.24, 2.45) is 0 Å². The third kappa shape index (κ3) is 3.38. The first-order chi connectivity index (χ1) is 13.8. The Balaban J connectivity index is 1.40. The summed E-state index contributed by atoms with van der Waals surface area (Å²) in [4.78, 5) is 16.9. The summed E-state index contributed by atoms with van der Waals surface area (Å²) in [5, 5.41) is 0. The van der Waals surface area contributed by atoms with Gasteiger partial charge in [-0.3, -0.25) is 19.2 Å². The fraction of sp³-hybridized carbons (Fsp3) is 0.455. The lowest BCUT2D eigenvalue weighted by molar-refractivity contribution is 0.0877. The van der Waals surface area contributed by atoms with Crippen LogP contribution in [0.3, 0.4) is 0 Å².